The molecular formula is C13H22N4O4. The van der Waals surface area contributed by atoms with E-state index >= 15 is 0 Å². The van der Waals surface area contributed by atoms with E-state index in [0.29, 0.717) is 31.8 Å². The molecule has 0 unspecified atom stereocenters. The van der Waals surface area contributed by atoms with E-state index in [2.05, 4.69) is 15.4 Å². The lowest BCUT2D eigenvalue weighted by Gasteiger charge is -2.16. The summed E-state index contributed by atoms with van der Waals surface area (Å²) in [6, 6.07) is 0. The third-order valence-corrected chi connectivity index (χ3v) is 3.86. The third-order valence-electron chi connectivity index (χ3n) is 3.86. The Bertz CT molecular complexity index is 520. The summed E-state index contributed by atoms with van der Waals surface area (Å²) in [5, 5.41) is 12.6. The highest BCUT2D eigenvalue weighted by Crippen LogP contribution is 2.29. The Kier molecular flexibility index (Phi) is 4.02. The second-order valence-electron chi connectivity index (χ2n) is 5.19. The van der Waals surface area contributed by atoms with Gasteiger partial charge in [0.15, 0.2) is 5.82 Å². The Morgan fingerprint density at radius 1 is 1.29 bits per heavy atom. The Labute approximate surface area is 126 Å². The number of nitrogens with zero attached hydrogens (tertiary/aromatic N) is 4. The van der Waals surface area contributed by atoms with Crippen LogP contribution in [-0.4, -0.2) is 72.5 Å². The van der Waals surface area contributed by atoms with Gasteiger partial charge in [0.2, 0.25) is 0 Å². The highest BCUT2D eigenvalue weighted by Gasteiger charge is 2.34. The molecule has 8 nitrogen and oxygen atoms in total. The maximum atomic E-state index is 7.76. The normalized spacial score (nSPS) is 41.2. The van der Waals surface area contributed by atoms with Gasteiger partial charge in [-0.25, -0.2) is 0 Å². The van der Waals surface area contributed by atoms with Crippen molar-refractivity contribution < 1.29 is 21.7 Å². The molecule has 118 valence electrons. The molecule has 0 aliphatic carbocycles. The van der Waals surface area contributed by atoms with Crippen LogP contribution in [0.25, 0.3) is 0 Å². The van der Waals surface area contributed by atoms with Gasteiger partial charge in [-0.1, -0.05) is 0 Å². The molecule has 0 radical (unpaired) electrons. The van der Waals surface area contributed by atoms with Crippen LogP contribution in [0.2, 0.25) is 0 Å². The van der Waals surface area contributed by atoms with Crippen molar-refractivity contribution in [1.82, 2.24) is 20.2 Å². The van der Waals surface area contributed by atoms with Gasteiger partial charge < -0.3 is 18.9 Å². The number of hydrogen-bond acceptors (Lipinski definition) is 7. The van der Waals surface area contributed by atoms with E-state index < -0.39 is 13.2 Å². The summed E-state index contributed by atoms with van der Waals surface area (Å²) >= 11 is 0. The van der Waals surface area contributed by atoms with Gasteiger partial charge in [0.1, 0.15) is 6.10 Å². The summed E-state index contributed by atoms with van der Waals surface area (Å²) in [6.45, 7) is -0.390. The van der Waals surface area contributed by atoms with Crippen molar-refractivity contribution in [3.63, 3.8) is 0 Å². The van der Waals surface area contributed by atoms with E-state index in [4.69, 9.17) is 21.7 Å². The van der Waals surface area contributed by atoms with Crippen LogP contribution in [0.1, 0.15) is 27.3 Å². The Morgan fingerprint density at radius 3 is 2.90 bits per heavy atom. The monoisotopic (exact) mass is 302 g/mol. The molecule has 0 spiro atoms. The van der Waals surface area contributed by atoms with Crippen LogP contribution in [-0.2, 0) is 25.5 Å². The number of aromatic nitrogens is 4. The Balaban J connectivity index is 1.66. The van der Waals surface area contributed by atoms with E-state index in [9.17, 15) is 0 Å². The van der Waals surface area contributed by atoms with E-state index in [1.807, 2.05) is 0 Å². The Hall–Kier alpha value is -1.09. The quantitative estimate of drug-likeness (QED) is 0.731. The van der Waals surface area contributed by atoms with Crippen LogP contribution in [0, 0.1) is 0 Å². The molecule has 2 aliphatic heterocycles. The molecule has 3 rings (SSSR count). The van der Waals surface area contributed by atoms with Crippen LogP contribution in [0.3, 0.4) is 0 Å². The molecule has 0 N–H and O–H groups in total. The van der Waals surface area contributed by atoms with E-state index in [1.54, 1.807) is 14.2 Å². The lowest BCUT2D eigenvalue weighted by Crippen LogP contribution is -2.29. The zero-order valence-electron chi connectivity index (χ0n) is 14.2. The maximum absolute atomic E-state index is 7.76. The summed E-state index contributed by atoms with van der Waals surface area (Å²) < 4.78 is 36.9. The largest absolute Gasteiger partial charge is 0.382 e. The van der Waals surface area contributed by atoms with Crippen LogP contribution >= 0.6 is 0 Å². The SMILES string of the molecule is [3H][C@H]1C[C@H](OC)[C@@H](Cn2nnc([C@H]3C[C@H]([3H])O[C@@H]3COC)n2)O1. The molecule has 3 heterocycles. The lowest BCUT2D eigenvalue weighted by atomic mass is 10.0. The van der Waals surface area contributed by atoms with Gasteiger partial charge in [0.25, 0.3) is 0 Å². The molecular weight excluding hydrogens is 276 g/mol. The minimum Gasteiger partial charge on any atom is -0.382 e. The number of ether oxygens (including phenoxy) is 4. The third kappa shape index (κ3) is 3.23. The van der Waals surface area contributed by atoms with Crippen LogP contribution in [0.5, 0.6) is 0 Å². The first kappa shape index (κ1) is 12.5. The smallest absolute Gasteiger partial charge is 0.180 e. The van der Waals surface area contributed by atoms with Crippen molar-refractivity contribution in [2.45, 2.75) is 43.6 Å². The first-order valence-corrected chi connectivity index (χ1v) is 7.05. The van der Waals surface area contributed by atoms with Crippen molar-refractivity contribution in [3.8, 4) is 0 Å². The molecule has 2 saturated heterocycles. The molecule has 0 saturated carbocycles. The average Bonchev–Trinajstić information content (AvgIpc) is 3.19. The van der Waals surface area contributed by atoms with E-state index in [0.717, 1.165) is 0 Å². The number of methoxy groups -OCH3 is 2. The predicted octanol–water partition coefficient (Wildman–Crippen LogP) is -0.00410. The first-order chi connectivity index (χ1) is 11.1. The highest BCUT2D eigenvalue weighted by atomic mass is 16.5. The van der Waals surface area contributed by atoms with Gasteiger partial charge in [-0.15, -0.1) is 10.2 Å². The summed E-state index contributed by atoms with van der Waals surface area (Å²) in [4.78, 5) is 1.46. The standard InChI is InChI=1S/C13H22N4O4/c1-18-8-12-9(3-5-21-12)13-14-16-17(15-13)7-11-10(19-2)4-6-20-11/h9-12H,3-8H2,1-2H3/t9-,10-,11+,12+/m0/s1/i5T,6T/t5-,6-,9-,10-,11+,12+. The molecule has 8 heteroatoms. The second-order valence-corrected chi connectivity index (χ2v) is 5.19. The zero-order valence-corrected chi connectivity index (χ0v) is 12.2. The summed E-state index contributed by atoms with van der Waals surface area (Å²) in [5.74, 6) is 0.453. The fraction of sp³-hybridized carbons (Fsp3) is 0.923. The highest BCUT2D eigenvalue weighted by molar-refractivity contribution is 4.99. The molecule has 2 fully saturated rings. The van der Waals surface area contributed by atoms with Crippen molar-refractivity contribution >= 4 is 0 Å². The zero-order chi connectivity index (χ0) is 16.4. The van der Waals surface area contributed by atoms with Gasteiger partial charge in [0, 0.05) is 27.4 Å². The molecule has 6 atom stereocenters. The fourth-order valence-electron chi connectivity index (χ4n) is 2.69. The van der Waals surface area contributed by atoms with Gasteiger partial charge >= 0.3 is 0 Å². The molecule has 21 heavy (non-hydrogen) atoms. The molecule has 1 aromatic heterocycles. The number of tetrazole rings is 1. The van der Waals surface area contributed by atoms with Crippen LogP contribution < -0.4 is 0 Å². The fourth-order valence-corrected chi connectivity index (χ4v) is 2.69. The Morgan fingerprint density at radius 2 is 2.10 bits per heavy atom. The van der Waals surface area contributed by atoms with E-state index in [1.165, 1.54) is 4.80 Å². The van der Waals surface area contributed by atoms with Crippen molar-refractivity contribution in [3.05, 3.63) is 5.82 Å². The summed E-state index contributed by atoms with van der Waals surface area (Å²) in [7, 11) is 3.21. The molecule has 0 bridgehead atoms. The molecule has 0 amide bonds. The van der Waals surface area contributed by atoms with Gasteiger partial charge in [-0.2, -0.15) is 4.80 Å². The summed E-state index contributed by atoms with van der Waals surface area (Å²) in [5.41, 5.74) is 0. The predicted molar refractivity (Wildman–Crippen MR) is 71.9 cm³/mol. The van der Waals surface area contributed by atoms with Gasteiger partial charge in [-0.05, 0) is 18.1 Å². The number of rotatable bonds is 6. The molecule has 1 aromatic rings. The topological polar surface area (TPSA) is 80.5 Å². The number of hydrogen-bond donors (Lipinski definition) is 0. The van der Waals surface area contributed by atoms with Crippen molar-refractivity contribution in [2.24, 2.45) is 0 Å². The van der Waals surface area contributed by atoms with Gasteiger partial charge in [-0.3, -0.25) is 0 Å². The summed E-state index contributed by atoms with van der Waals surface area (Å²) in [6.07, 6.45) is 0.432. The van der Waals surface area contributed by atoms with Crippen molar-refractivity contribution in [2.75, 3.05) is 34.0 Å². The van der Waals surface area contributed by atoms with Crippen LogP contribution in [0.15, 0.2) is 0 Å². The lowest BCUT2D eigenvalue weighted by molar-refractivity contribution is 0.00251. The molecule has 0 aromatic carbocycles. The van der Waals surface area contributed by atoms with Gasteiger partial charge in [0.05, 0.1) is 34.0 Å². The minimum absolute atomic E-state index is 0.0992. The average molecular weight is 302 g/mol. The maximum Gasteiger partial charge on any atom is 0.180 e. The van der Waals surface area contributed by atoms with Crippen molar-refractivity contribution in [1.29, 1.82) is 0 Å². The minimum atomic E-state index is -0.591. The molecule has 2 aliphatic rings. The van der Waals surface area contributed by atoms with Crippen LogP contribution in [0.4, 0.5) is 0 Å². The first-order valence-electron chi connectivity index (χ1n) is 8.21. The second kappa shape index (κ2) is 6.78. The van der Waals surface area contributed by atoms with E-state index in [-0.39, 0.29) is 24.2 Å².